The summed E-state index contributed by atoms with van der Waals surface area (Å²) in [5.74, 6) is 1.21. The lowest BCUT2D eigenvalue weighted by molar-refractivity contribution is 0.0682. The smallest absolute Gasteiger partial charge is 0.255 e. The molecule has 2 N–H and O–H groups in total. The van der Waals surface area contributed by atoms with E-state index in [-0.39, 0.29) is 5.91 Å². The topological polar surface area (TPSA) is 59.2 Å². The van der Waals surface area contributed by atoms with Gasteiger partial charge in [0.05, 0.1) is 5.56 Å². The number of rotatable bonds is 2. The first-order valence-corrected chi connectivity index (χ1v) is 6.65. The van der Waals surface area contributed by atoms with Crippen molar-refractivity contribution in [3.63, 3.8) is 0 Å². The third kappa shape index (κ3) is 2.63. The van der Waals surface area contributed by atoms with E-state index in [9.17, 15) is 4.79 Å². The summed E-state index contributed by atoms with van der Waals surface area (Å²) in [6.07, 6.45) is 4.70. The number of nitrogens with two attached hydrogens (primary N) is 1. The van der Waals surface area contributed by atoms with E-state index >= 15 is 0 Å². The van der Waals surface area contributed by atoms with Crippen molar-refractivity contribution in [1.29, 1.82) is 0 Å². The standard InChI is InChI=1S/C14H21N3O/c1-3-11-7-12(8-16-13(11)15)14(18)17-6-4-5-10(2)9-17/h7-8,10H,3-6,9H2,1-2H3,(H2,15,16). The number of nitrogens with zero attached hydrogens (tertiary/aromatic N) is 2. The molecule has 0 aliphatic carbocycles. The van der Waals surface area contributed by atoms with Crippen molar-refractivity contribution in [2.45, 2.75) is 33.1 Å². The Balaban J connectivity index is 2.17. The summed E-state index contributed by atoms with van der Waals surface area (Å²) >= 11 is 0. The van der Waals surface area contributed by atoms with Crippen molar-refractivity contribution in [2.75, 3.05) is 18.8 Å². The molecule has 1 unspecified atom stereocenters. The van der Waals surface area contributed by atoms with E-state index in [1.165, 1.54) is 6.42 Å². The van der Waals surface area contributed by atoms with Crippen LogP contribution in [0.1, 0.15) is 42.6 Å². The average molecular weight is 247 g/mol. The number of pyridine rings is 1. The monoisotopic (exact) mass is 247 g/mol. The molecule has 0 aromatic carbocycles. The maximum Gasteiger partial charge on any atom is 0.255 e. The predicted molar refractivity (Wildman–Crippen MR) is 72.3 cm³/mol. The fourth-order valence-corrected chi connectivity index (χ4v) is 2.48. The molecule has 1 amide bonds. The van der Waals surface area contributed by atoms with Crippen molar-refractivity contribution in [2.24, 2.45) is 5.92 Å². The van der Waals surface area contributed by atoms with Gasteiger partial charge in [-0.3, -0.25) is 4.79 Å². The van der Waals surface area contributed by atoms with E-state index < -0.39 is 0 Å². The van der Waals surface area contributed by atoms with Crippen LogP contribution in [0.4, 0.5) is 5.82 Å². The number of hydrogen-bond donors (Lipinski definition) is 1. The molecule has 1 aliphatic rings. The molecule has 1 aliphatic heterocycles. The quantitative estimate of drug-likeness (QED) is 0.870. The van der Waals surface area contributed by atoms with Crippen LogP contribution < -0.4 is 5.73 Å². The molecule has 1 aromatic rings. The lowest BCUT2D eigenvalue weighted by Crippen LogP contribution is -2.39. The third-order valence-corrected chi connectivity index (χ3v) is 3.57. The Hall–Kier alpha value is -1.58. The highest BCUT2D eigenvalue weighted by Gasteiger charge is 2.22. The first-order valence-electron chi connectivity index (χ1n) is 6.65. The fourth-order valence-electron chi connectivity index (χ4n) is 2.48. The van der Waals surface area contributed by atoms with Gasteiger partial charge in [-0.05, 0) is 36.8 Å². The van der Waals surface area contributed by atoms with Crippen molar-refractivity contribution >= 4 is 11.7 Å². The SMILES string of the molecule is CCc1cc(C(=O)N2CCCC(C)C2)cnc1N. The first kappa shape index (κ1) is 12.9. The molecule has 1 atom stereocenters. The minimum absolute atomic E-state index is 0.0868. The Morgan fingerprint density at radius 1 is 1.61 bits per heavy atom. The molecule has 18 heavy (non-hydrogen) atoms. The fraction of sp³-hybridized carbons (Fsp3) is 0.571. The molecule has 2 heterocycles. The molecular formula is C14H21N3O. The van der Waals surface area contributed by atoms with Gasteiger partial charge in [0, 0.05) is 19.3 Å². The molecular weight excluding hydrogens is 226 g/mol. The van der Waals surface area contributed by atoms with Gasteiger partial charge in [-0.2, -0.15) is 0 Å². The minimum Gasteiger partial charge on any atom is -0.383 e. The number of aryl methyl sites for hydroxylation is 1. The van der Waals surface area contributed by atoms with Crippen LogP contribution in [0, 0.1) is 5.92 Å². The van der Waals surface area contributed by atoms with Gasteiger partial charge >= 0.3 is 0 Å². The summed E-state index contributed by atoms with van der Waals surface area (Å²) in [4.78, 5) is 18.4. The molecule has 4 heteroatoms. The molecule has 1 saturated heterocycles. The zero-order chi connectivity index (χ0) is 13.1. The van der Waals surface area contributed by atoms with Crippen molar-refractivity contribution in [1.82, 2.24) is 9.88 Å². The second kappa shape index (κ2) is 5.38. The number of carbonyl (C=O) groups is 1. The number of carbonyl (C=O) groups excluding carboxylic acids is 1. The number of aromatic nitrogens is 1. The Morgan fingerprint density at radius 3 is 3.06 bits per heavy atom. The minimum atomic E-state index is 0.0868. The van der Waals surface area contributed by atoms with E-state index in [2.05, 4.69) is 11.9 Å². The number of nitrogen functional groups attached to an aromatic ring is 1. The normalized spacial score (nSPS) is 19.9. The second-order valence-electron chi connectivity index (χ2n) is 5.12. The van der Waals surface area contributed by atoms with Gasteiger partial charge in [0.1, 0.15) is 5.82 Å². The van der Waals surface area contributed by atoms with Crippen LogP contribution in [0.3, 0.4) is 0 Å². The van der Waals surface area contributed by atoms with Crippen LogP contribution in [-0.4, -0.2) is 28.9 Å². The molecule has 98 valence electrons. The van der Waals surface area contributed by atoms with E-state index in [0.717, 1.165) is 31.5 Å². The van der Waals surface area contributed by atoms with Gasteiger partial charge in [0.15, 0.2) is 0 Å². The van der Waals surface area contributed by atoms with Crippen LogP contribution in [0.5, 0.6) is 0 Å². The molecule has 0 bridgehead atoms. The summed E-state index contributed by atoms with van der Waals surface area (Å²) in [5.41, 5.74) is 7.38. The number of hydrogen-bond acceptors (Lipinski definition) is 3. The van der Waals surface area contributed by atoms with Crippen LogP contribution in [0.25, 0.3) is 0 Å². The predicted octanol–water partition coefficient (Wildman–Crippen LogP) is 2.10. The number of piperidine rings is 1. The number of amides is 1. The van der Waals surface area contributed by atoms with Gasteiger partial charge in [0.25, 0.3) is 5.91 Å². The summed E-state index contributed by atoms with van der Waals surface area (Å²) < 4.78 is 0. The molecule has 1 aromatic heterocycles. The van der Waals surface area contributed by atoms with E-state index in [0.29, 0.717) is 17.3 Å². The van der Waals surface area contributed by atoms with Crippen molar-refractivity contribution < 1.29 is 4.79 Å². The summed E-state index contributed by atoms with van der Waals surface area (Å²) in [5, 5.41) is 0. The summed E-state index contributed by atoms with van der Waals surface area (Å²) in [7, 11) is 0. The van der Waals surface area contributed by atoms with Gasteiger partial charge in [-0.15, -0.1) is 0 Å². The number of likely N-dealkylation sites (tertiary alicyclic amines) is 1. The lowest BCUT2D eigenvalue weighted by Gasteiger charge is -2.31. The lowest BCUT2D eigenvalue weighted by atomic mass is 9.99. The van der Waals surface area contributed by atoms with Gasteiger partial charge in [-0.25, -0.2) is 4.98 Å². The Bertz CT molecular complexity index is 445. The summed E-state index contributed by atoms with van der Waals surface area (Å²) in [6.45, 7) is 5.92. The van der Waals surface area contributed by atoms with Crippen LogP contribution in [0.2, 0.25) is 0 Å². The third-order valence-electron chi connectivity index (χ3n) is 3.57. The Kier molecular flexibility index (Phi) is 3.84. The van der Waals surface area contributed by atoms with Gasteiger partial charge in [0.2, 0.25) is 0 Å². The Morgan fingerprint density at radius 2 is 2.39 bits per heavy atom. The molecule has 0 spiro atoms. The zero-order valence-corrected chi connectivity index (χ0v) is 11.1. The molecule has 4 nitrogen and oxygen atoms in total. The zero-order valence-electron chi connectivity index (χ0n) is 11.1. The van der Waals surface area contributed by atoms with Crippen LogP contribution >= 0.6 is 0 Å². The summed E-state index contributed by atoms with van der Waals surface area (Å²) in [6, 6.07) is 1.88. The first-order chi connectivity index (χ1) is 8.61. The van der Waals surface area contributed by atoms with Crippen LogP contribution in [0.15, 0.2) is 12.3 Å². The van der Waals surface area contributed by atoms with E-state index in [1.54, 1.807) is 6.20 Å². The largest absolute Gasteiger partial charge is 0.383 e. The van der Waals surface area contributed by atoms with Crippen molar-refractivity contribution in [3.8, 4) is 0 Å². The van der Waals surface area contributed by atoms with E-state index in [4.69, 9.17) is 5.73 Å². The average Bonchev–Trinajstić information content (AvgIpc) is 2.38. The van der Waals surface area contributed by atoms with Crippen LogP contribution in [-0.2, 0) is 6.42 Å². The molecule has 0 saturated carbocycles. The van der Waals surface area contributed by atoms with Gasteiger partial charge < -0.3 is 10.6 Å². The highest BCUT2D eigenvalue weighted by molar-refractivity contribution is 5.94. The molecule has 1 fully saturated rings. The Labute approximate surface area is 108 Å². The highest BCUT2D eigenvalue weighted by Crippen LogP contribution is 2.19. The highest BCUT2D eigenvalue weighted by atomic mass is 16.2. The van der Waals surface area contributed by atoms with Gasteiger partial charge in [-0.1, -0.05) is 13.8 Å². The van der Waals surface area contributed by atoms with Crippen molar-refractivity contribution in [3.05, 3.63) is 23.4 Å². The maximum absolute atomic E-state index is 12.4. The molecule has 2 rings (SSSR count). The second-order valence-corrected chi connectivity index (χ2v) is 5.12. The maximum atomic E-state index is 12.4. The number of anilines is 1. The molecule has 0 radical (unpaired) electrons. The van der Waals surface area contributed by atoms with E-state index in [1.807, 2.05) is 17.9 Å².